The van der Waals surface area contributed by atoms with Crippen LogP contribution in [0.5, 0.6) is 5.75 Å². The van der Waals surface area contributed by atoms with E-state index in [2.05, 4.69) is 11.1 Å². The number of hydrogen-bond donors (Lipinski definition) is 0. The molecule has 0 N–H and O–H groups in total. The molecular formula is C12H10N2OS2. The van der Waals surface area contributed by atoms with E-state index in [0.29, 0.717) is 5.56 Å². The highest BCUT2D eigenvalue weighted by atomic mass is 32.2. The maximum atomic E-state index is 9.04. The molecule has 86 valence electrons. The van der Waals surface area contributed by atoms with Gasteiger partial charge in [0, 0.05) is 16.0 Å². The number of nitrogens with zero attached hydrogens (tertiary/aromatic N) is 2. The highest BCUT2D eigenvalue weighted by molar-refractivity contribution is 8.01. The predicted octanol–water partition coefficient (Wildman–Crippen LogP) is 3.48. The van der Waals surface area contributed by atoms with Crippen LogP contribution in [0.2, 0.25) is 0 Å². The molecule has 1 heterocycles. The Morgan fingerprint density at radius 3 is 2.88 bits per heavy atom. The number of benzene rings is 1. The van der Waals surface area contributed by atoms with Crippen molar-refractivity contribution in [1.82, 2.24) is 4.98 Å². The average molecular weight is 262 g/mol. The lowest BCUT2D eigenvalue weighted by molar-refractivity contribution is 0.413. The second kappa shape index (κ2) is 5.21. The lowest BCUT2D eigenvalue weighted by Crippen LogP contribution is -1.86. The number of nitriles is 1. The third kappa shape index (κ3) is 2.78. The molecule has 1 aromatic carbocycles. The molecule has 3 nitrogen and oxygen atoms in total. The third-order valence-corrected chi connectivity index (χ3v) is 4.22. The monoisotopic (exact) mass is 262 g/mol. The number of hydrogen-bond acceptors (Lipinski definition) is 5. The molecule has 0 unspecified atom stereocenters. The SMILES string of the molecule is COc1ccc(C#N)c(Sc2nc(C)cs2)c1. The van der Waals surface area contributed by atoms with Crippen molar-refractivity contribution in [2.75, 3.05) is 7.11 Å². The summed E-state index contributed by atoms with van der Waals surface area (Å²) in [7, 11) is 1.61. The van der Waals surface area contributed by atoms with Crippen LogP contribution in [0.3, 0.4) is 0 Å². The van der Waals surface area contributed by atoms with Crippen LogP contribution in [0.1, 0.15) is 11.3 Å². The molecule has 0 spiro atoms. The van der Waals surface area contributed by atoms with Crippen molar-refractivity contribution >= 4 is 23.1 Å². The lowest BCUT2D eigenvalue weighted by atomic mass is 10.2. The van der Waals surface area contributed by atoms with E-state index >= 15 is 0 Å². The Balaban J connectivity index is 2.33. The third-order valence-electron chi connectivity index (χ3n) is 2.10. The minimum Gasteiger partial charge on any atom is -0.497 e. The number of ether oxygens (including phenoxy) is 1. The van der Waals surface area contributed by atoms with Crippen molar-refractivity contribution < 1.29 is 4.74 Å². The second-order valence-electron chi connectivity index (χ2n) is 3.33. The van der Waals surface area contributed by atoms with Crippen molar-refractivity contribution in [3.63, 3.8) is 0 Å². The molecule has 0 saturated carbocycles. The van der Waals surface area contributed by atoms with Gasteiger partial charge in [0.1, 0.15) is 11.8 Å². The maximum Gasteiger partial charge on any atom is 0.154 e. The summed E-state index contributed by atoms with van der Waals surface area (Å²) >= 11 is 3.07. The van der Waals surface area contributed by atoms with Gasteiger partial charge in [-0.2, -0.15) is 5.26 Å². The fraction of sp³-hybridized carbons (Fsp3) is 0.167. The number of thiazole rings is 1. The summed E-state index contributed by atoms with van der Waals surface area (Å²) in [5, 5.41) is 11.0. The van der Waals surface area contributed by atoms with Gasteiger partial charge in [0.15, 0.2) is 4.34 Å². The minimum absolute atomic E-state index is 0.642. The maximum absolute atomic E-state index is 9.04. The van der Waals surface area contributed by atoms with Crippen molar-refractivity contribution in [2.45, 2.75) is 16.2 Å². The number of methoxy groups -OCH3 is 1. The van der Waals surface area contributed by atoms with Gasteiger partial charge in [-0.1, -0.05) is 11.8 Å². The van der Waals surface area contributed by atoms with Gasteiger partial charge in [-0.25, -0.2) is 4.98 Å². The Labute approximate surface area is 108 Å². The second-order valence-corrected chi connectivity index (χ2v) is 5.48. The first kappa shape index (κ1) is 12.0. The first-order chi connectivity index (χ1) is 8.22. The van der Waals surface area contributed by atoms with E-state index in [1.165, 1.54) is 11.8 Å². The van der Waals surface area contributed by atoms with Gasteiger partial charge >= 0.3 is 0 Å². The molecule has 0 bridgehead atoms. The van der Waals surface area contributed by atoms with E-state index < -0.39 is 0 Å². The van der Waals surface area contributed by atoms with Crippen molar-refractivity contribution in [3.8, 4) is 11.8 Å². The fourth-order valence-electron chi connectivity index (χ4n) is 1.28. The largest absolute Gasteiger partial charge is 0.497 e. The van der Waals surface area contributed by atoms with Crippen LogP contribution >= 0.6 is 23.1 Å². The number of rotatable bonds is 3. The molecular weight excluding hydrogens is 252 g/mol. The van der Waals surface area contributed by atoms with Gasteiger partial charge in [0.2, 0.25) is 0 Å². The fourth-order valence-corrected chi connectivity index (χ4v) is 3.18. The summed E-state index contributed by atoms with van der Waals surface area (Å²) in [6.45, 7) is 1.96. The number of aromatic nitrogens is 1. The van der Waals surface area contributed by atoms with Gasteiger partial charge in [-0.05, 0) is 25.1 Å². The number of aryl methyl sites for hydroxylation is 1. The Hall–Kier alpha value is -1.51. The molecule has 0 amide bonds. The molecule has 0 fully saturated rings. The van der Waals surface area contributed by atoms with Crippen LogP contribution in [0.15, 0.2) is 32.8 Å². The molecule has 2 rings (SSSR count). The smallest absolute Gasteiger partial charge is 0.154 e. The van der Waals surface area contributed by atoms with Crippen molar-refractivity contribution in [2.24, 2.45) is 0 Å². The minimum atomic E-state index is 0.642. The predicted molar refractivity (Wildman–Crippen MR) is 68.7 cm³/mol. The van der Waals surface area contributed by atoms with Gasteiger partial charge in [0.25, 0.3) is 0 Å². The molecule has 0 atom stereocenters. The quantitative estimate of drug-likeness (QED) is 0.849. The molecule has 0 aliphatic rings. The van der Waals surface area contributed by atoms with E-state index in [1.54, 1.807) is 30.6 Å². The van der Waals surface area contributed by atoms with Crippen LogP contribution in [0, 0.1) is 18.3 Å². The van der Waals surface area contributed by atoms with Crippen LogP contribution in [-0.2, 0) is 0 Å². The van der Waals surface area contributed by atoms with Gasteiger partial charge in [-0.15, -0.1) is 11.3 Å². The van der Waals surface area contributed by atoms with Crippen molar-refractivity contribution in [1.29, 1.82) is 5.26 Å². The van der Waals surface area contributed by atoms with Crippen LogP contribution < -0.4 is 4.74 Å². The summed E-state index contributed by atoms with van der Waals surface area (Å²) in [6.07, 6.45) is 0. The highest BCUT2D eigenvalue weighted by Crippen LogP contribution is 2.34. The van der Waals surface area contributed by atoms with E-state index in [0.717, 1.165) is 20.7 Å². The Morgan fingerprint density at radius 1 is 1.47 bits per heavy atom. The molecule has 0 saturated heterocycles. The normalized spacial score (nSPS) is 9.94. The van der Waals surface area contributed by atoms with Crippen LogP contribution in [0.25, 0.3) is 0 Å². The Bertz CT molecular complexity index is 572. The molecule has 0 radical (unpaired) electrons. The molecule has 1 aromatic heterocycles. The summed E-state index contributed by atoms with van der Waals surface area (Å²) in [4.78, 5) is 5.24. The van der Waals surface area contributed by atoms with E-state index in [1.807, 2.05) is 18.4 Å². The molecule has 0 aliphatic heterocycles. The summed E-state index contributed by atoms with van der Waals surface area (Å²) in [5.74, 6) is 0.750. The van der Waals surface area contributed by atoms with Gasteiger partial charge < -0.3 is 4.74 Å². The van der Waals surface area contributed by atoms with Gasteiger partial charge in [-0.3, -0.25) is 0 Å². The summed E-state index contributed by atoms with van der Waals surface area (Å²) in [5.41, 5.74) is 1.64. The Morgan fingerprint density at radius 2 is 2.29 bits per heavy atom. The first-order valence-corrected chi connectivity index (χ1v) is 6.60. The topological polar surface area (TPSA) is 45.9 Å². The van der Waals surface area contributed by atoms with Crippen LogP contribution in [-0.4, -0.2) is 12.1 Å². The van der Waals surface area contributed by atoms with E-state index in [-0.39, 0.29) is 0 Å². The zero-order valence-electron chi connectivity index (χ0n) is 9.43. The van der Waals surface area contributed by atoms with E-state index in [9.17, 15) is 0 Å². The molecule has 5 heteroatoms. The standard InChI is InChI=1S/C12H10N2OS2/c1-8-7-16-12(14-8)17-11-5-10(15-2)4-3-9(11)6-13/h3-5,7H,1-2H3. The first-order valence-electron chi connectivity index (χ1n) is 4.91. The zero-order valence-corrected chi connectivity index (χ0v) is 11.1. The molecule has 0 aliphatic carbocycles. The van der Waals surface area contributed by atoms with Crippen LogP contribution in [0.4, 0.5) is 0 Å². The average Bonchev–Trinajstić information content (AvgIpc) is 2.74. The summed E-state index contributed by atoms with van der Waals surface area (Å²) in [6, 6.07) is 7.59. The Kier molecular flexibility index (Phi) is 3.67. The summed E-state index contributed by atoms with van der Waals surface area (Å²) < 4.78 is 6.09. The molecule has 2 aromatic rings. The lowest BCUT2D eigenvalue weighted by Gasteiger charge is -2.04. The molecule has 17 heavy (non-hydrogen) atoms. The highest BCUT2D eigenvalue weighted by Gasteiger charge is 2.08. The van der Waals surface area contributed by atoms with Crippen molar-refractivity contribution in [3.05, 3.63) is 34.8 Å². The van der Waals surface area contributed by atoms with E-state index in [4.69, 9.17) is 10.00 Å². The van der Waals surface area contributed by atoms with Gasteiger partial charge in [0.05, 0.1) is 12.7 Å². The zero-order chi connectivity index (χ0) is 12.3.